The molecular formula is C24H22N10. The lowest BCUT2D eigenvalue weighted by atomic mass is 10.2. The first-order valence-electron chi connectivity index (χ1n) is 11.1. The highest BCUT2D eigenvalue weighted by atomic mass is 15.4. The number of pyridine rings is 1. The van der Waals surface area contributed by atoms with Gasteiger partial charge in [0, 0.05) is 56.0 Å². The van der Waals surface area contributed by atoms with Gasteiger partial charge in [0.2, 0.25) is 5.95 Å². The van der Waals surface area contributed by atoms with Gasteiger partial charge >= 0.3 is 0 Å². The molecule has 10 nitrogen and oxygen atoms in total. The summed E-state index contributed by atoms with van der Waals surface area (Å²) in [6.45, 7) is 5.47. The van der Waals surface area contributed by atoms with Crippen LogP contribution in [0.2, 0.25) is 0 Å². The van der Waals surface area contributed by atoms with Crippen molar-refractivity contribution < 1.29 is 0 Å². The topological polar surface area (TPSA) is 101 Å². The molecule has 1 aromatic carbocycles. The molecule has 0 bridgehead atoms. The van der Waals surface area contributed by atoms with Crippen LogP contribution in [-0.2, 0) is 0 Å². The average molecular weight is 451 g/mol. The van der Waals surface area contributed by atoms with Crippen LogP contribution in [0.15, 0.2) is 67.1 Å². The van der Waals surface area contributed by atoms with E-state index in [2.05, 4.69) is 64.3 Å². The first-order valence-corrected chi connectivity index (χ1v) is 11.1. The number of rotatable bonds is 4. The molecule has 1 aliphatic rings. The van der Waals surface area contributed by atoms with Crippen molar-refractivity contribution >= 4 is 17.4 Å². The highest BCUT2D eigenvalue weighted by molar-refractivity contribution is 5.61. The predicted molar refractivity (Wildman–Crippen MR) is 128 cm³/mol. The number of para-hydroxylation sites is 1. The van der Waals surface area contributed by atoms with E-state index in [0.29, 0.717) is 28.9 Å². The number of hydrogen-bond donors (Lipinski definition) is 0. The standard InChI is InChI=1S/C24H22N10/c1-17-21(29-30-24-28-22(31-34(17)24)18-6-5-10-25-16-18)20-9-11-26-23(27-20)33-14-12-32(13-15-33)19-7-3-2-4-8-19/h2-11,16H,12-15H2,1H3. The molecule has 0 spiro atoms. The molecule has 1 saturated heterocycles. The Morgan fingerprint density at radius 3 is 2.41 bits per heavy atom. The summed E-state index contributed by atoms with van der Waals surface area (Å²) < 4.78 is 1.70. The first-order chi connectivity index (χ1) is 16.8. The van der Waals surface area contributed by atoms with Crippen LogP contribution in [0.25, 0.3) is 28.6 Å². The predicted octanol–water partition coefficient (Wildman–Crippen LogP) is 2.67. The second-order valence-electron chi connectivity index (χ2n) is 8.07. The van der Waals surface area contributed by atoms with E-state index in [-0.39, 0.29) is 0 Å². The van der Waals surface area contributed by atoms with E-state index >= 15 is 0 Å². The molecule has 5 heterocycles. The zero-order valence-corrected chi connectivity index (χ0v) is 18.7. The third-order valence-electron chi connectivity index (χ3n) is 5.98. The van der Waals surface area contributed by atoms with Crippen LogP contribution in [-0.4, -0.2) is 65.9 Å². The van der Waals surface area contributed by atoms with Gasteiger partial charge in [-0.1, -0.05) is 18.2 Å². The molecule has 6 rings (SSSR count). The molecule has 1 aliphatic heterocycles. The molecule has 0 saturated carbocycles. The molecule has 0 atom stereocenters. The van der Waals surface area contributed by atoms with Gasteiger partial charge in [-0.2, -0.15) is 9.50 Å². The smallest absolute Gasteiger partial charge is 0.272 e. The normalized spacial score (nSPS) is 14.0. The van der Waals surface area contributed by atoms with Gasteiger partial charge in [-0.3, -0.25) is 4.98 Å². The van der Waals surface area contributed by atoms with Gasteiger partial charge in [-0.25, -0.2) is 9.97 Å². The molecule has 0 amide bonds. The molecule has 0 radical (unpaired) electrons. The van der Waals surface area contributed by atoms with Gasteiger partial charge in [0.25, 0.3) is 5.78 Å². The van der Waals surface area contributed by atoms with Crippen molar-refractivity contribution in [3.05, 3.63) is 72.8 Å². The summed E-state index contributed by atoms with van der Waals surface area (Å²) in [6.07, 6.45) is 5.22. The summed E-state index contributed by atoms with van der Waals surface area (Å²) >= 11 is 0. The minimum atomic E-state index is 0.436. The van der Waals surface area contributed by atoms with Crippen molar-refractivity contribution in [1.29, 1.82) is 0 Å². The van der Waals surface area contributed by atoms with Crippen molar-refractivity contribution in [2.45, 2.75) is 6.92 Å². The Labute approximate surface area is 196 Å². The van der Waals surface area contributed by atoms with Crippen molar-refractivity contribution in [2.75, 3.05) is 36.0 Å². The fourth-order valence-corrected chi connectivity index (χ4v) is 4.15. The Morgan fingerprint density at radius 1 is 0.794 bits per heavy atom. The Bertz CT molecular complexity index is 1430. The number of anilines is 2. The molecule has 10 heteroatoms. The Balaban J connectivity index is 1.26. The molecule has 0 aliphatic carbocycles. The number of benzene rings is 1. The highest BCUT2D eigenvalue weighted by Gasteiger charge is 2.21. The van der Waals surface area contributed by atoms with Crippen molar-refractivity contribution in [2.24, 2.45) is 0 Å². The van der Waals surface area contributed by atoms with Crippen molar-refractivity contribution in [1.82, 2.24) is 39.7 Å². The van der Waals surface area contributed by atoms with E-state index in [9.17, 15) is 0 Å². The maximum atomic E-state index is 4.82. The second-order valence-corrected chi connectivity index (χ2v) is 8.07. The summed E-state index contributed by atoms with van der Waals surface area (Å²) in [5, 5.41) is 13.3. The quantitative estimate of drug-likeness (QED) is 0.409. The lowest BCUT2D eigenvalue weighted by Gasteiger charge is -2.36. The van der Waals surface area contributed by atoms with Gasteiger partial charge in [-0.05, 0) is 37.3 Å². The Morgan fingerprint density at radius 2 is 1.62 bits per heavy atom. The third-order valence-corrected chi connectivity index (χ3v) is 5.98. The van der Waals surface area contributed by atoms with Gasteiger partial charge in [0.1, 0.15) is 5.69 Å². The Hall–Kier alpha value is -4.47. The molecule has 0 unspecified atom stereocenters. The molecule has 0 N–H and O–H groups in total. The summed E-state index contributed by atoms with van der Waals surface area (Å²) in [5.41, 5.74) is 4.25. The van der Waals surface area contributed by atoms with E-state index in [4.69, 9.17) is 4.98 Å². The summed E-state index contributed by atoms with van der Waals surface area (Å²) in [4.78, 5) is 22.6. The minimum absolute atomic E-state index is 0.436. The molecule has 168 valence electrons. The Kier molecular flexibility index (Phi) is 5.02. The monoisotopic (exact) mass is 450 g/mol. The molecule has 34 heavy (non-hydrogen) atoms. The number of nitrogens with zero attached hydrogens (tertiary/aromatic N) is 10. The lowest BCUT2D eigenvalue weighted by molar-refractivity contribution is 0.640. The van der Waals surface area contributed by atoms with Gasteiger partial charge in [0.15, 0.2) is 5.82 Å². The van der Waals surface area contributed by atoms with E-state index < -0.39 is 0 Å². The van der Waals surface area contributed by atoms with Crippen LogP contribution < -0.4 is 9.80 Å². The fourth-order valence-electron chi connectivity index (χ4n) is 4.15. The van der Waals surface area contributed by atoms with E-state index in [1.165, 1.54) is 5.69 Å². The molecule has 5 aromatic rings. The van der Waals surface area contributed by atoms with Gasteiger partial charge < -0.3 is 9.80 Å². The van der Waals surface area contributed by atoms with E-state index in [1.807, 2.05) is 31.2 Å². The zero-order chi connectivity index (χ0) is 22.9. The summed E-state index contributed by atoms with van der Waals surface area (Å²) in [7, 11) is 0. The number of hydrogen-bond acceptors (Lipinski definition) is 9. The SMILES string of the molecule is Cc1c(-c2ccnc(N3CCN(c4ccccc4)CC3)n2)nnc2nc(-c3cccnc3)nn12. The maximum Gasteiger partial charge on any atom is 0.272 e. The maximum absolute atomic E-state index is 4.82. The summed E-state index contributed by atoms with van der Waals surface area (Å²) in [6, 6.07) is 16.1. The van der Waals surface area contributed by atoms with Crippen LogP contribution in [0.5, 0.6) is 0 Å². The number of aromatic nitrogens is 8. The highest BCUT2D eigenvalue weighted by Crippen LogP contribution is 2.23. The molecular weight excluding hydrogens is 428 g/mol. The molecule has 1 fully saturated rings. The lowest BCUT2D eigenvalue weighted by Crippen LogP contribution is -2.47. The van der Waals surface area contributed by atoms with Crippen LogP contribution in [0.3, 0.4) is 0 Å². The van der Waals surface area contributed by atoms with E-state index in [0.717, 1.165) is 37.4 Å². The number of fused-ring (bicyclic) bond motifs is 1. The first kappa shape index (κ1) is 20.2. The van der Waals surface area contributed by atoms with Crippen LogP contribution in [0.4, 0.5) is 11.6 Å². The fraction of sp³-hybridized carbons (Fsp3) is 0.208. The van der Waals surface area contributed by atoms with Gasteiger partial charge in [0.05, 0.1) is 11.4 Å². The number of piperazine rings is 1. The van der Waals surface area contributed by atoms with Crippen molar-refractivity contribution in [3.63, 3.8) is 0 Å². The van der Waals surface area contributed by atoms with E-state index in [1.54, 1.807) is 23.1 Å². The molecule has 4 aromatic heterocycles. The summed E-state index contributed by atoms with van der Waals surface area (Å²) in [5.74, 6) is 1.69. The zero-order valence-electron chi connectivity index (χ0n) is 18.7. The number of aryl methyl sites for hydroxylation is 1. The largest absolute Gasteiger partial charge is 0.368 e. The average Bonchev–Trinajstić information content (AvgIpc) is 3.36. The van der Waals surface area contributed by atoms with Crippen LogP contribution >= 0.6 is 0 Å². The second kappa shape index (κ2) is 8.47. The minimum Gasteiger partial charge on any atom is -0.368 e. The van der Waals surface area contributed by atoms with Crippen LogP contribution in [0, 0.1) is 6.92 Å². The van der Waals surface area contributed by atoms with Gasteiger partial charge in [-0.15, -0.1) is 15.3 Å². The van der Waals surface area contributed by atoms with Crippen molar-refractivity contribution in [3.8, 4) is 22.8 Å². The third kappa shape index (κ3) is 3.68. The van der Waals surface area contributed by atoms with Crippen LogP contribution in [0.1, 0.15) is 5.69 Å².